The molecule has 0 radical (unpaired) electrons. The van der Waals surface area contributed by atoms with Crippen LogP contribution in [0.5, 0.6) is 0 Å². The molecule has 0 bridgehead atoms. The maximum Gasteiger partial charge on any atom is 0.266 e. The normalized spacial score (nSPS) is 11.0. The van der Waals surface area contributed by atoms with Crippen LogP contribution in [-0.4, -0.2) is 31.2 Å². The van der Waals surface area contributed by atoms with Crippen molar-refractivity contribution < 1.29 is 13.6 Å². The molecule has 0 aliphatic rings. The van der Waals surface area contributed by atoms with Crippen LogP contribution in [0.15, 0.2) is 63.1 Å². The average molecular weight is 385 g/mol. The zero-order valence-electron chi connectivity index (χ0n) is 13.7. The van der Waals surface area contributed by atoms with Crippen molar-refractivity contribution in [3.05, 3.63) is 64.9 Å². The van der Waals surface area contributed by atoms with Gasteiger partial charge in [0.25, 0.3) is 5.56 Å². The van der Waals surface area contributed by atoms with Crippen LogP contribution < -0.4 is 10.9 Å². The summed E-state index contributed by atoms with van der Waals surface area (Å²) in [5.41, 5.74) is 0.0959. The minimum Gasteiger partial charge on any atom is -0.461 e. The molecule has 4 aromatic rings. The monoisotopic (exact) mass is 385 g/mol. The van der Waals surface area contributed by atoms with E-state index in [1.54, 1.807) is 18.2 Å². The molecule has 2 N–H and O–H groups in total. The number of hydrogen-bond acceptors (Lipinski definition) is 6. The van der Waals surface area contributed by atoms with Gasteiger partial charge >= 0.3 is 0 Å². The number of amides is 1. The number of fused-ring (bicyclic) bond motifs is 1. The second kappa shape index (κ2) is 7.08. The van der Waals surface area contributed by atoms with E-state index in [2.05, 4.69) is 20.4 Å². The Morgan fingerprint density at radius 1 is 1.26 bits per heavy atom. The van der Waals surface area contributed by atoms with E-state index in [1.807, 2.05) is 0 Å². The molecule has 10 heteroatoms. The van der Waals surface area contributed by atoms with Gasteiger partial charge in [-0.15, -0.1) is 0 Å². The molecule has 1 amide bonds. The first-order valence-corrected chi connectivity index (χ1v) is 8.79. The summed E-state index contributed by atoms with van der Waals surface area (Å²) in [5, 5.41) is 5.42. The summed E-state index contributed by atoms with van der Waals surface area (Å²) in [7, 11) is 0. The summed E-state index contributed by atoms with van der Waals surface area (Å²) >= 11 is 1.07. The first kappa shape index (κ1) is 17.0. The van der Waals surface area contributed by atoms with Crippen LogP contribution in [0.4, 0.5) is 10.1 Å². The van der Waals surface area contributed by atoms with Gasteiger partial charge in [0.2, 0.25) is 5.91 Å². The molecule has 0 aliphatic heterocycles. The van der Waals surface area contributed by atoms with Gasteiger partial charge in [-0.2, -0.15) is 4.98 Å². The van der Waals surface area contributed by atoms with Crippen molar-refractivity contribution in [3.63, 3.8) is 0 Å². The number of anilines is 1. The minimum atomic E-state index is -0.518. The van der Waals surface area contributed by atoms with E-state index in [0.29, 0.717) is 16.6 Å². The molecule has 8 nitrogen and oxygen atoms in total. The summed E-state index contributed by atoms with van der Waals surface area (Å²) in [6.07, 6.45) is 1.49. The molecule has 4 rings (SSSR count). The fourth-order valence-corrected chi connectivity index (χ4v) is 3.13. The smallest absolute Gasteiger partial charge is 0.266 e. The lowest BCUT2D eigenvalue weighted by molar-refractivity contribution is -0.113. The minimum absolute atomic E-state index is 0.0434. The van der Waals surface area contributed by atoms with E-state index in [9.17, 15) is 14.0 Å². The van der Waals surface area contributed by atoms with Crippen molar-refractivity contribution in [2.45, 2.75) is 5.16 Å². The summed E-state index contributed by atoms with van der Waals surface area (Å²) in [6, 6.07) is 10.6. The first-order valence-electron chi connectivity index (χ1n) is 7.81. The van der Waals surface area contributed by atoms with Gasteiger partial charge in [0.15, 0.2) is 22.4 Å². The number of aromatic amines is 1. The number of nitrogens with zero attached hydrogens (tertiary/aromatic N) is 3. The number of hydrogen-bond donors (Lipinski definition) is 2. The van der Waals surface area contributed by atoms with Crippen LogP contribution in [-0.2, 0) is 4.79 Å². The van der Waals surface area contributed by atoms with Crippen molar-refractivity contribution in [2.75, 3.05) is 11.1 Å². The van der Waals surface area contributed by atoms with E-state index in [4.69, 9.17) is 4.42 Å². The van der Waals surface area contributed by atoms with Crippen molar-refractivity contribution in [1.29, 1.82) is 0 Å². The molecule has 0 atom stereocenters. The Bertz CT molecular complexity index is 1170. The fraction of sp³-hybridized carbons (Fsp3) is 0.0588. The van der Waals surface area contributed by atoms with Gasteiger partial charge < -0.3 is 9.73 Å². The number of thioether (sulfide) groups is 1. The van der Waals surface area contributed by atoms with Crippen LogP contribution in [0.3, 0.4) is 0 Å². The third kappa shape index (κ3) is 3.60. The standard InChI is InChI=1S/C17H12FN5O3S/c18-10-4-1-2-5-11(10)19-15(25)9-27-17-21-16(12-6-3-7-26-12)20-13-8-14(24)22-23(13)17/h1-8H,9H2,(H,19,25)(H,22,24). The van der Waals surface area contributed by atoms with Gasteiger partial charge in [-0.25, -0.2) is 13.9 Å². The Hall–Kier alpha value is -3.40. The predicted molar refractivity (Wildman–Crippen MR) is 97.1 cm³/mol. The zero-order chi connectivity index (χ0) is 18.8. The molecule has 0 aliphatic carbocycles. The summed E-state index contributed by atoms with van der Waals surface area (Å²) in [6.45, 7) is 0. The molecule has 27 heavy (non-hydrogen) atoms. The number of H-pyrrole nitrogens is 1. The lowest BCUT2D eigenvalue weighted by Crippen LogP contribution is -2.16. The second-order valence-corrected chi connectivity index (χ2v) is 6.38. The first-order chi connectivity index (χ1) is 13.1. The number of para-hydroxylation sites is 1. The molecule has 3 aromatic heterocycles. The highest BCUT2D eigenvalue weighted by atomic mass is 32.2. The van der Waals surface area contributed by atoms with Crippen molar-refractivity contribution in [2.24, 2.45) is 0 Å². The molecular weight excluding hydrogens is 373 g/mol. The average Bonchev–Trinajstić information content (AvgIpc) is 3.30. The van der Waals surface area contributed by atoms with Gasteiger partial charge in [-0.3, -0.25) is 14.7 Å². The molecule has 0 unspecified atom stereocenters. The molecular formula is C17H12FN5O3S. The summed E-state index contributed by atoms with van der Waals surface area (Å²) in [4.78, 5) is 32.4. The van der Waals surface area contributed by atoms with E-state index < -0.39 is 11.7 Å². The number of halogens is 1. The molecule has 3 heterocycles. The quantitative estimate of drug-likeness (QED) is 0.512. The maximum atomic E-state index is 13.6. The van der Waals surface area contributed by atoms with Crippen molar-refractivity contribution >= 4 is 29.0 Å². The Kier molecular flexibility index (Phi) is 4.47. The number of carbonyl (C=O) groups is 1. The highest BCUT2D eigenvalue weighted by Crippen LogP contribution is 2.22. The van der Waals surface area contributed by atoms with Gasteiger partial charge in [0, 0.05) is 6.07 Å². The fourth-order valence-electron chi connectivity index (χ4n) is 2.38. The second-order valence-electron chi connectivity index (χ2n) is 5.44. The zero-order valence-corrected chi connectivity index (χ0v) is 14.5. The Balaban J connectivity index is 1.58. The number of nitrogens with one attached hydrogen (secondary N) is 2. The third-order valence-electron chi connectivity index (χ3n) is 3.55. The van der Waals surface area contributed by atoms with E-state index >= 15 is 0 Å². The van der Waals surface area contributed by atoms with E-state index in [0.717, 1.165) is 11.8 Å². The Labute approximate surface area is 155 Å². The number of furan rings is 1. The number of benzene rings is 1. The molecule has 0 spiro atoms. The lowest BCUT2D eigenvalue weighted by Gasteiger charge is -2.07. The number of aromatic nitrogens is 4. The predicted octanol–water partition coefficient (Wildman–Crippen LogP) is 2.55. The molecule has 0 saturated heterocycles. The summed E-state index contributed by atoms with van der Waals surface area (Å²) < 4.78 is 20.3. The van der Waals surface area contributed by atoms with Crippen LogP contribution >= 0.6 is 11.8 Å². The maximum absolute atomic E-state index is 13.6. The number of carbonyl (C=O) groups excluding carboxylic acids is 1. The van der Waals surface area contributed by atoms with Gasteiger partial charge in [-0.05, 0) is 24.3 Å². The van der Waals surface area contributed by atoms with Crippen LogP contribution in [0, 0.1) is 5.82 Å². The summed E-state index contributed by atoms with van der Waals surface area (Å²) in [5.74, 6) is -0.251. The van der Waals surface area contributed by atoms with Gasteiger partial charge in [0.05, 0.1) is 17.7 Å². The van der Waals surface area contributed by atoms with Crippen LogP contribution in [0.1, 0.15) is 0 Å². The van der Waals surface area contributed by atoms with Gasteiger partial charge in [-0.1, -0.05) is 23.9 Å². The number of rotatable bonds is 5. The molecule has 1 aromatic carbocycles. The molecule has 0 fully saturated rings. The van der Waals surface area contributed by atoms with Crippen LogP contribution in [0.25, 0.3) is 17.2 Å². The van der Waals surface area contributed by atoms with E-state index in [1.165, 1.54) is 35.0 Å². The molecule has 136 valence electrons. The largest absolute Gasteiger partial charge is 0.461 e. The highest BCUT2D eigenvalue weighted by Gasteiger charge is 2.15. The highest BCUT2D eigenvalue weighted by molar-refractivity contribution is 7.99. The van der Waals surface area contributed by atoms with Gasteiger partial charge in [0.1, 0.15) is 5.82 Å². The Morgan fingerprint density at radius 2 is 2.11 bits per heavy atom. The van der Waals surface area contributed by atoms with Crippen molar-refractivity contribution in [3.8, 4) is 11.6 Å². The van der Waals surface area contributed by atoms with Crippen LogP contribution in [0.2, 0.25) is 0 Å². The van der Waals surface area contributed by atoms with E-state index in [-0.39, 0.29) is 22.8 Å². The van der Waals surface area contributed by atoms with Crippen molar-refractivity contribution in [1.82, 2.24) is 19.6 Å². The third-order valence-corrected chi connectivity index (χ3v) is 4.49. The topological polar surface area (TPSA) is 105 Å². The lowest BCUT2D eigenvalue weighted by atomic mass is 10.3. The SMILES string of the molecule is O=C(CSc1nc(-c2ccco2)nc2cc(=O)[nH]n12)Nc1ccccc1F. The Morgan fingerprint density at radius 3 is 2.89 bits per heavy atom. The molecule has 0 saturated carbocycles.